The first-order valence-corrected chi connectivity index (χ1v) is 10.5. The molecule has 0 radical (unpaired) electrons. The van der Waals surface area contributed by atoms with Crippen LogP contribution in [-0.2, 0) is 21.7 Å². The van der Waals surface area contributed by atoms with Gasteiger partial charge in [-0.15, -0.1) is 0 Å². The summed E-state index contributed by atoms with van der Waals surface area (Å²) in [5.41, 5.74) is -0.468. The average Bonchev–Trinajstić information content (AvgIpc) is 3.26. The minimum Gasteiger partial charge on any atom is -0.411 e. The Bertz CT molecular complexity index is 1210. The van der Waals surface area contributed by atoms with Crippen LogP contribution >= 0.6 is 0 Å². The quantitative estimate of drug-likeness (QED) is 0.290. The smallest absolute Gasteiger partial charge is 0.408 e. The molecule has 2 atom stereocenters. The van der Waals surface area contributed by atoms with Crippen molar-refractivity contribution < 1.29 is 37.2 Å². The van der Waals surface area contributed by atoms with E-state index in [1.54, 1.807) is 24.3 Å². The average molecular weight is 492 g/mol. The number of urea groups is 1. The Morgan fingerprint density at radius 1 is 1.20 bits per heavy atom. The molecule has 1 heterocycles. The van der Waals surface area contributed by atoms with Crippen molar-refractivity contribution in [2.45, 2.75) is 37.6 Å². The number of rotatable bonds is 5. The van der Waals surface area contributed by atoms with E-state index in [2.05, 4.69) is 10.5 Å². The van der Waals surface area contributed by atoms with Gasteiger partial charge < -0.3 is 15.4 Å². The molecule has 2 aromatic rings. The van der Waals surface area contributed by atoms with Crippen LogP contribution in [0.5, 0.6) is 0 Å². The molecule has 2 aliphatic rings. The van der Waals surface area contributed by atoms with Crippen molar-refractivity contribution in [3.63, 3.8) is 0 Å². The highest BCUT2D eigenvalue weighted by Gasteiger charge is 2.58. The van der Waals surface area contributed by atoms with Crippen LogP contribution in [0.1, 0.15) is 30.0 Å². The number of halogens is 4. The third-order valence-electron chi connectivity index (χ3n) is 6.25. The molecule has 1 aliphatic heterocycles. The van der Waals surface area contributed by atoms with Gasteiger partial charge in [0, 0.05) is 18.5 Å². The summed E-state index contributed by atoms with van der Waals surface area (Å²) >= 11 is 0. The fourth-order valence-electron chi connectivity index (χ4n) is 4.34. The van der Waals surface area contributed by atoms with Crippen molar-refractivity contribution in [3.05, 3.63) is 71.0 Å². The number of amides is 4. The normalized spacial score (nSPS) is 21.4. The fraction of sp³-hybridized carbons (Fsp3) is 0.304. The lowest BCUT2D eigenvalue weighted by Gasteiger charge is -2.32. The maximum absolute atomic E-state index is 13.5. The summed E-state index contributed by atoms with van der Waals surface area (Å²) in [6, 6.07) is 7.81. The van der Waals surface area contributed by atoms with Gasteiger partial charge in [0.25, 0.3) is 5.91 Å². The highest BCUT2D eigenvalue weighted by Crippen LogP contribution is 2.41. The molecule has 8 nitrogen and oxygen atoms in total. The lowest BCUT2D eigenvalue weighted by Crippen LogP contribution is -2.51. The molecular formula is C23H20F4N4O4. The summed E-state index contributed by atoms with van der Waals surface area (Å²) in [6.07, 6.45) is -4.97. The van der Waals surface area contributed by atoms with Crippen LogP contribution in [0.2, 0.25) is 0 Å². The van der Waals surface area contributed by atoms with Crippen molar-refractivity contribution in [2.75, 3.05) is 6.54 Å². The predicted molar refractivity (Wildman–Crippen MR) is 114 cm³/mol. The molecule has 1 saturated heterocycles. The third-order valence-corrected chi connectivity index (χ3v) is 6.25. The molecule has 12 heteroatoms. The fourth-order valence-corrected chi connectivity index (χ4v) is 4.34. The van der Waals surface area contributed by atoms with Crippen molar-refractivity contribution in [3.8, 4) is 0 Å². The molecule has 4 amide bonds. The lowest BCUT2D eigenvalue weighted by molar-refractivity contribution is -0.187. The van der Waals surface area contributed by atoms with Gasteiger partial charge in [0.2, 0.25) is 5.91 Å². The van der Waals surface area contributed by atoms with Crippen molar-refractivity contribution in [2.24, 2.45) is 5.16 Å². The number of alkyl halides is 3. The second-order valence-corrected chi connectivity index (χ2v) is 8.36. The maximum Gasteiger partial charge on any atom is 0.408 e. The number of imide groups is 1. The summed E-state index contributed by atoms with van der Waals surface area (Å²) in [5.74, 6) is -2.56. The zero-order valence-corrected chi connectivity index (χ0v) is 18.3. The number of hydrogen-bond donors (Lipinski definition) is 2. The first-order chi connectivity index (χ1) is 16.5. The van der Waals surface area contributed by atoms with Gasteiger partial charge in [0.05, 0.1) is 5.71 Å². The molecule has 2 N–H and O–H groups in total. The first kappa shape index (κ1) is 24.2. The van der Waals surface area contributed by atoms with E-state index in [9.17, 15) is 37.2 Å². The van der Waals surface area contributed by atoms with E-state index < -0.39 is 54.5 Å². The minimum absolute atomic E-state index is 0.144. The number of nitrogens with zero attached hydrogens (tertiary/aromatic N) is 3. The standard InChI is InChI=1S/C23H20F4N4O4/c1-13(23(25,26)27)30(11-14-6-8-15(24)9-7-14)19(32)12-31-20(33)22(28-21(31)34)10-18(29-35)16-4-2-3-5-17(16)22/h2-9,13,35H,10-12H2,1H3,(H,28,34)/t13-,22?/m0/s1. The lowest BCUT2D eigenvalue weighted by atomic mass is 9.92. The zero-order chi connectivity index (χ0) is 25.5. The van der Waals surface area contributed by atoms with E-state index in [0.717, 1.165) is 19.1 Å². The van der Waals surface area contributed by atoms with Gasteiger partial charge in [-0.3, -0.25) is 14.5 Å². The monoisotopic (exact) mass is 492 g/mol. The molecule has 1 aliphatic carbocycles. The van der Waals surface area contributed by atoms with Gasteiger partial charge >= 0.3 is 12.2 Å². The van der Waals surface area contributed by atoms with Crippen LogP contribution in [0.4, 0.5) is 22.4 Å². The Morgan fingerprint density at radius 2 is 1.86 bits per heavy atom. The number of nitrogens with one attached hydrogen (secondary N) is 1. The van der Waals surface area contributed by atoms with Gasteiger partial charge in [0.1, 0.15) is 18.4 Å². The first-order valence-electron chi connectivity index (χ1n) is 10.5. The van der Waals surface area contributed by atoms with Gasteiger partial charge in [0.15, 0.2) is 5.54 Å². The van der Waals surface area contributed by atoms with Crippen LogP contribution < -0.4 is 5.32 Å². The van der Waals surface area contributed by atoms with Crippen LogP contribution in [0.25, 0.3) is 0 Å². The molecule has 0 saturated carbocycles. The summed E-state index contributed by atoms with van der Waals surface area (Å²) in [5, 5.41) is 15.1. The van der Waals surface area contributed by atoms with E-state index in [4.69, 9.17) is 0 Å². The van der Waals surface area contributed by atoms with E-state index in [1.165, 1.54) is 12.1 Å². The molecule has 4 rings (SSSR count). The maximum atomic E-state index is 13.5. The number of benzene rings is 2. The molecule has 1 spiro atoms. The highest BCUT2D eigenvalue weighted by atomic mass is 19.4. The zero-order valence-electron chi connectivity index (χ0n) is 18.3. The van der Waals surface area contributed by atoms with Crippen LogP contribution in [0.15, 0.2) is 53.7 Å². The van der Waals surface area contributed by atoms with E-state index in [1.807, 2.05) is 0 Å². The minimum atomic E-state index is -4.79. The molecule has 1 fully saturated rings. The SMILES string of the molecule is C[C@H](N(Cc1ccc(F)cc1)C(=O)CN1C(=O)NC2(CC(=NO)c3ccccc32)C1=O)C(F)(F)F. The second-order valence-electron chi connectivity index (χ2n) is 8.36. The largest absolute Gasteiger partial charge is 0.411 e. The molecular weight excluding hydrogens is 472 g/mol. The Labute approximate surface area is 196 Å². The van der Waals surface area contributed by atoms with E-state index in [-0.39, 0.29) is 17.7 Å². The van der Waals surface area contributed by atoms with E-state index >= 15 is 0 Å². The van der Waals surface area contributed by atoms with Gasteiger partial charge in [-0.05, 0) is 30.2 Å². The Balaban J connectivity index is 1.61. The predicted octanol–water partition coefficient (Wildman–Crippen LogP) is 3.13. The van der Waals surface area contributed by atoms with Crippen LogP contribution in [0, 0.1) is 5.82 Å². The van der Waals surface area contributed by atoms with Crippen LogP contribution in [0.3, 0.4) is 0 Å². The summed E-state index contributed by atoms with van der Waals surface area (Å²) in [6.45, 7) is -0.674. The Morgan fingerprint density at radius 3 is 2.49 bits per heavy atom. The summed E-state index contributed by atoms with van der Waals surface area (Å²) in [7, 11) is 0. The second kappa shape index (κ2) is 8.67. The van der Waals surface area contributed by atoms with Gasteiger partial charge in [-0.2, -0.15) is 13.2 Å². The molecule has 2 aromatic carbocycles. The van der Waals surface area contributed by atoms with Crippen molar-refractivity contribution in [1.29, 1.82) is 0 Å². The number of hydrogen-bond acceptors (Lipinski definition) is 5. The van der Waals surface area contributed by atoms with Gasteiger partial charge in [-0.1, -0.05) is 41.6 Å². The topological polar surface area (TPSA) is 102 Å². The van der Waals surface area contributed by atoms with Gasteiger partial charge in [-0.25, -0.2) is 9.18 Å². The Hall–Kier alpha value is -3.96. The van der Waals surface area contributed by atoms with Crippen LogP contribution in [-0.4, -0.2) is 57.3 Å². The highest BCUT2D eigenvalue weighted by molar-refractivity contribution is 6.17. The van der Waals surface area contributed by atoms with Crippen molar-refractivity contribution in [1.82, 2.24) is 15.1 Å². The summed E-state index contributed by atoms with van der Waals surface area (Å²) in [4.78, 5) is 40.2. The van der Waals surface area contributed by atoms with Crippen molar-refractivity contribution >= 4 is 23.6 Å². The molecule has 0 bridgehead atoms. The number of carbonyl (C=O) groups excluding carboxylic acids is 3. The molecule has 0 aromatic heterocycles. The third kappa shape index (κ3) is 4.19. The number of fused-ring (bicyclic) bond motifs is 2. The Kier molecular flexibility index (Phi) is 5.99. The van der Waals surface area contributed by atoms with E-state index in [0.29, 0.717) is 20.9 Å². The molecule has 35 heavy (non-hydrogen) atoms. The number of oxime groups is 1. The molecule has 184 valence electrons. The molecule has 1 unspecified atom stereocenters. The summed E-state index contributed by atoms with van der Waals surface area (Å²) < 4.78 is 53.8. The number of carbonyl (C=O) groups is 3.